The zero-order chi connectivity index (χ0) is 18.4. The van der Waals surface area contributed by atoms with Gasteiger partial charge in [0.15, 0.2) is 0 Å². The highest BCUT2D eigenvalue weighted by molar-refractivity contribution is 6.30. The monoisotopic (exact) mass is 372 g/mol. The van der Waals surface area contributed by atoms with Gasteiger partial charge in [-0.1, -0.05) is 23.7 Å². The molecule has 0 saturated carbocycles. The number of hydrogen-bond acceptors (Lipinski definition) is 7. The van der Waals surface area contributed by atoms with Crippen molar-refractivity contribution in [3.05, 3.63) is 34.9 Å². The number of hydrogen-bond donors (Lipinski definition) is 2. The van der Waals surface area contributed by atoms with Crippen LogP contribution in [-0.2, 0) is 4.74 Å². The van der Waals surface area contributed by atoms with E-state index in [9.17, 15) is 5.26 Å². The Kier molecular flexibility index (Phi) is 6.23. The highest BCUT2D eigenvalue weighted by atomic mass is 35.5. The van der Waals surface area contributed by atoms with Gasteiger partial charge in [0.25, 0.3) is 0 Å². The molecule has 8 heteroatoms. The summed E-state index contributed by atoms with van der Waals surface area (Å²) >= 11 is 5.94. The number of nitrogen functional groups attached to an aromatic ring is 1. The highest BCUT2D eigenvalue weighted by Gasteiger charge is 2.14. The minimum atomic E-state index is 0.170. The molecular weight excluding hydrogens is 352 g/mol. The zero-order valence-electron chi connectivity index (χ0n) is 14.4. The van der Waals surface area contributed by atoms with E-state index in [2.05, 4.69) is 26.3 Å². The summed E-state index contributed by atoms with van der Waals surface area (Å²) in [5.74, 6) is 0.594. The average molecular weight is 373 g/mol. The summed E-state index contributed by atoms with van der Waals surface area (Å²) in [6.45, 7) is 5.26. The second-order valence-corrected chi connectivity index (χ2v) is 6.45. The molecule has 2 heterocycles. The Morgan fingerprint density at radius 1 is 1.23 bits per heavy atom. The Morgan fingerprint density at radius 3 is 2.65 bits per heavy atom. The topological polar surface area (TPSA) is 100 Å². The third-order valence-electron chi connectivity index (χ3n) is 4.20. The summed E-state index contributed by atoms with van der Waals surface area (Å²) in [7, 11) is 0. The van der Waals surface area contributed by atoms with E-state index in [0.717, 1.165) is 51.4 Å². The summed E-state index contributed by atoms with van der Waals surface area (Å²) < 4.78 is 5.35. The predicted molar refractivity (Wildman–Crippen MR) is 102 cm³/mol. The number of halogens is 1. The van der Waals surface area contributed by atoms with Gasteiger partial charge in [-0.25, -0.2) is 4.98 Å². The number of nitrogens with two attached hydrogens (primary N) is 1. The quantitative estimate of drug-likeness (QED) is 0.751. The smallest absolute Gasteiger partial charge is 0.225 e. The number of rotatable bonds is 6. The van der Waals surface area contributed by atoms with E-state index >= 15 is 0 Å². The molecule has 1 aliphatic rings. The molecule has 1 aliphatic heterocycles. The van der Waals surface area contributed by atoms with Crippen molar-refractivity contribution in [2.24, 2.45) is 0 Å². The second-order valence-electron chi connectivity index (χ2n) is 6.01. The number of anilines is 2. The summed E-state index contributed by atoms with van der Waals surface area (Å²) in [6, 6.07) is 9.22. The first-order valence-electron chi connectivity index (χ1n) is 8.55. The van der Waals surface area contributed by atoms with Gasteiger partial charge >= 0.3 is 0 Å². The second kappa shape index (κ2) is 8.81. The minimum absolute atomic E-state index is 0.170. The molecule has 0 bridgehead atoms. The lowest BCUT2D eigenvalue weighted by Gasteiger charge is -2.26. The van der Waals surface area contributed by atoms with E-state index in [1.807, 2.05) is 12.1 Å². The Labute approximate surface area is 157 Å². The van der Waals surface area contributed by atoms with E-state index in [-0.39, 0.29) is 11.4 Å². The van der Waals surface area contributed by atoms with Crippen LogP contribution in [0.4, 0.5) is 11.8 Å². The number of morpholine rings is 1. The SMILES string of the molecule is N#Cc1c(N)nc(NCCCN2CCOCC2)nc1-c1ccc(Cl)cc1. The van der Waals surface area contributed by atoms with Crippen molar-refractivity contribution >= 4 is 23.4 Å². The number of ether oxygens (including phenoxy) is 1. The summed E-state index contributed by atoms with van der Waals surface area (Å²) in [5, 5.41) is 13.2. The number of benzene rings is 1. The molecule has 1 aromatic heterocycles. The minimum Gasteiger partial charge on any atom is -0.382 e. The number of aromatic nitrogens is 2. The Bertz CT molecular complexity index is 784. The van der Waals surface area contributed by atoms with Crippen LogP contribution < -0.4 is 11.1 Å². The zero-order valence-corrected chi connectivity index (χ0v) is 15.2. The van der Waals surface area contributed by atoms with Crippen LogP contribution in [0.2, 0.25) is 5.02 Å². The molecule has 0 atom stereocenters. The first-order chi connectivity index (χ1) is 12.7. The number of nitriles is 1. The Hall–Kier alpha value is -2.40. The van der Waals surface area contributed by atoms with Gasteiger partial charge in [-0.2, -0.15) is 10.2 Å². The van der Waals surface area contributed by atoms with Gasteiger partial charge in [-0.05, 0) is 25.1 Å². The highest BCUT2D eigenvalue weighted by Crippen LogP contribution is 2.26. The maximum Gasteiger partial charge on any atom is 0.225 e. The molecule has 1 saturated heterocycles. The van der Waals surface area contributed by atoms with Crippen LogP contribution in [0.3, 0.4) is 0 Å². The molecular formula is C18H21ClN6O. The summed E-state index contributed by atoms with van der Waals surface area (Å²) in [6.07, 6.45) is 0.958. The lowest BCUT2D eigenvalue weighted by molar-refractivity contribution is 0.0378. The van der Waals surface area contributed by atoms with Crippen molar-refractivity contribution in [2.45, 2.75) is 6.42 Å². The molecule has 7 nitrogen and oxygen atoms in total. The normalized spacial score (nSPS) is 14.8. The molecule has 0 spiro atoms. The summed E-state index contributed by atoms with van der Waals surface area (Å²) in [5.41, 5.74) is 7.51. The van der Waals surface area contributed by atoms with Gasteiger partial charge in [0, 0.05) is 30.2 Å². The Morgan fingerprint density at radius 2 is 1.96 bits per heavy atom. The fourth-order valence-corrected chi connectivity index (χ4v) is 2.94. The third-order valence-corrected chi connectivity index (χ3v) is 4.46. The van der Waals surface area contributed by atoms with Crippen molar-refractivity contribution in [2.75, 3.05) is 50.4 Å². The maximum absolute atomic E-state index is 9.39. The van der Waals surface area contributed by atoms with Crippen molar-refractivity contribution < 1.29 is 4.74 Å². The molecule has 3 rings (SSSR count). The molecule has 1 fully saturated rings. The van der Waals surface area contributed by atoms with E-state index < -0.39 is 0 Å². The molecule has 26 heavy (non-hydrogen) atoms. The molecule has 2 aromatic rings. The molecule has 0 unspecified atom stereocenters. The van der Waals surface area contributed by atoms with Crippen LogP contribution in [-0.4, -0.2) is 54.3 Å². The van der Waals surface area contributed by atoms with Gasteiger partial charge in [-0.3, -0.25) is 4.90 Å². The fraction of sp³-hybridized carbons (Fsp3) is 0.389. The summed E-state index contributed by atoms with van der Waals surface area (Å²) in [4.78, 5) is 11.1. The van der Waals surface area contributed by atoms with E-state index in [1.54, 1.807) is 12.1 Å². The maximum atomic E-state index is 9.39. The molecule has 0 amide bonds. The van der Waals surface area contributed by atoms with Gasteiger partial charge in [0.1, 0.15) is 17.5 Å². The Balaban J connectivity index is 1.68. The van der Waals surface area contributed by atoms with Gasteiger partial charge in [-0.15, -0.1) is 0 Å². The molecule has 0 radical (unpaired) electrons. The van der Waals surface area contributed by atoms with Crippen LogP contribution in [0.15, 0.2) is 24.3 Å². The van der Waals surface area contributed by atoms with Crippen LogP contribution in [0.25, 0.3) is 11.3 Å². The van der Waals surface area contributed by atoms with Crippen LogP contribution in [0, 0.1) is 11.3 Å². The standard InChI is InChI=1S/C18H21ClN6O/c19-14-4-2-13(3-5-14)16-15(12-20)17(21)24-18(23-16)22-6-1-7-25-8-10-26-11-9-25/h2-5H,1,6-11H2,(H3,21,22,23,24). The van der Waals surface area contributed by atoms with Gasteiger partial charge in [0.05, 0.1) is 18.9 Å². The van der Waals surface area contributed by atoms with Crippen molar-refractivity contribution in [1.82, 2.24) is 14.9 Å². The lowest BCUT2D eigenvalue weighted by Crippen LogP contribution is -2.37. The van der Waals surface area contributed by atoms with Crippen molar-refractivity contribution in [3.63, 3.8) is 0 Å². The van der Waals surface area contributed by atoms with Crippen LogP contribution in [0.5, 0.6) is 0 Å². The first kappa shape index (κ1) is 18.4. The van der Waals surface area contributed by atoms with Crippen LogP contribution in [0.1, 0.15) is 12.0 Å². The number of nitrogens with zero attached hydrogens (tertiary/aromatic N) is 4. The molecule has 1 aromatic carbocycles. The largest absolute Gasteiger partial charge is 0.382 e. The average Bonchev–Trinajstić information content (AvgIpc) is 2.66. The van der Waals surface area contributed by atoms with Crippen LogP contribution >= 0.6 is 11.6 Å². The predicted octanol–water partition coefficient (Wildman–Crippen LogP) is 2.39. The fourth-order valence-electron chi connectivity index (χ4n) is 2.81. The van der Waals surface area contributed by atoms with E-state index in [4.69, 9.17) is 22.1 Å². The van der Waals surface area contributed by atoms with Crippen molar-refractivity contribution in [1.29, 1.82) is 5.26 Å². The van der Waals surface area contributed by atoms with E-state index in [0.29, 0.717) is 16.7 Å². The molecule has 0 aliphatic carbocycles. The third kappa shape index (κ3) is 4.61. The molecule has 3 N–H and O–H groups in total. The van der Waals surface area contributed by atoms with Gasteiger partial charge < -0.3 is 15.8 Å². The first-order valence-corrected chi connectivity index (χ1v) is 8.92. The van der Waals surface area contributed by atoms with E-state index in [1.165, 1.54) is 0 Å². The lowest BCUT2D eigenvalue weighted by atomic mass is 10.1. The number of nitrogens with one attached hydrogen (secondary N) is 1. The molecule has 136 valence electrons. The van der Waals surface area contributed by atoms with Crippen molar-refractivity contribution in [3.8, 4) is 17.3 Å². The van der Waals surface area contributed by atoms with Gasteiger partial charge in [0.2, 0.25) is 5.95 Å².